The quantitative estimate of drug-likeness (QED) is 0.618. The Balaban J connectivity index is 2.89. The van der Waals surface area contributed by atoms with E-state index in [1.165, 1.54) is 0 Å². The van der Waals surface area contributed by atoms with Crippen molar-refractivity contribution >= 4 is 23.0 Å². The van der Waals surface area contributed by atoms with Crippen LogP contribution < -0.4 is 0 Å². The Kier molecular flexibility index (Phi) is 7.47. The van der Waals surface area contributed by atoms with Gasteiger partial charge in [0.25, 0.3) is 8.32 Å². The monoisotopic (exact) mass is 361 g/mol. The third-order valence-corrected chi connectivity index (χ3v) is 15.0. The maximum absolute atomic E-state index is 12.7. The van der Waals surface area contributed by atoms with Crippen LogP contribution in [0.4, 0.5) is 0 Å². The highest BCUT2D eigenvalue weighted by molar-refractivity contribution is 6.79. The van der Waals surface area contributed by atoms with E-state index in [0.717, 1.165) is 19.0 Å². The van der Waals surface area contributed by atoms with E-state index < -0.39 is 17.0 Å². The van der Waals surface area contributed by atoms with Crippen LogP contribution in [-0.4, -0.2) is 54.9 Å². The summed E-state index contributed by atoms with van der Waals surface area (Å²) >= 11 is 0. The highest BCUT2D eigenvalue weighted by Crippen LogP contribution is 2.42. The Bertz CT molecular complexity index is 376. The summed E-state index contributed by atoms with van der Waals surface area (Å²) in [5, 5.41) is 0. The average Bonchev–Trinajstić information content (AvgIpc) is 2.86. The van der Waals surface area contributed by atoms with Crippen molar-refractivity contribution in [2.45, 2.75) is 70.6 Å². The first kappa shape index (κ1) is 20.8. The zero-order valence-electron chi connectivity index (χ0n) is 16.1. The predicted molar refractivity (Wildman–Crippen MR) is 97.9 cm³/mol. The smallest absolute Gasteiger partial charge is 0.427 e. The van der Waals surface area contributed by atoms with Crippen molar-refractivity contribution < 1.29 is 18.1 Å². The van der Waals surface area contributed by atoms with Gasteiger partial charge in [0.15, 0.2) is 0 Å². The van der Waals surface area contributed by atoms with Gasteiger partial charge >= 0.3 is 14.7 Å². The summed E-state index contributed by atoms with van der Waals surface area (Å²) < 4.78 is 19.7. The first-order valence-corrected chi connectivity index (χ1v) is 12.8. The van der Waals surface area contributed by atoms with Crippen LogP contribution in [0, 0.1) is 0 Å². The Morgan fingerprint density at radius 1 is 1.04 bits per heavy atom. The molecule has 0 saturated carbocycles. The fourth-order valence-corrected chi connectivity index (χ4v) is 12.4. The highest BCUT2D eigenvalue weighted by Gasteiger charge is 2.51. The normalized spacial score (nSPS) is 19.1. The number of hydrogen-bond acceptors (Lipinski definition) is 5. The van der Waals surface area contributed by atoms with Gasteiger partial charge in [0.05, 0.1) is 6.54 Å². The van der Waals surface area contributed by atoms with Crippen molar-refractivity contribution in [1.29, 1.82) is 0 Å². The van der Waals surface area contributed by atoms with Crippen LogP contribution in [0.25, 0.3) is 0 Å². The van der Waals surface area contributed by atoms with E-state index in [4.69, 9.17) is 13.3 Å². The minimum atomic E-state index is -2.38. The summed E-state index contributed by atoms with van der Waals surface area (Å²) in [5.74, 6) is -0.111. The Morgan fingerprint density at radius 2 is 1.52 bits per heavy atom. The third-order valence-electron chi connectivity index (χ3n) is 5.36. The molecule has 136 valence electrons. The zero-order chi connectivity index (χ0) is 17.8. The van der Waals surface area contributed by atoms with Crippen molar-refractivity contribution in [3.05, 3.63) is 0 Å². The van der Waals surface area contributed by atoms with Gasteiger partial charge in [-0.3, -0.25) is 9.36 Å². The molecule has 5 nitrogen and oxygen atoms in total. The molecule has 23 heavy (non-hydrogen) atoms. The van der Waals surface area contributed by atoms with E-state index in [9.17, 15) is 4.79 Å². The molecule has 0 atom stereocenters. The van der Waals surface area contributed by atoms with Crippen molar-refractivity contribution in [1.82, 2.24) is 4.57 Å². The van der Waals surface area contributed by atoms with E-state index in [1.54, 1.807) is 14.2 Å². The number of hydrogen-bond donors (Lipinski definition) is 0. The number of nitrogens with zero attached hydrogens (tertiary/aromatic N) is 1. The van der Waals surface area contributed by atoms with Crippen molar-refractivity contribution in [2.75, 3.05) is 27.3 Å². The second kappa shape index (κ2) is 8.24. The van der Waals surface area contributed by atoms with E-state index in [2.05, 4.69) is 46.1 Å². The fraction of sp³-hybridized carbons (Fsp3) is 0.938. The fourth-order valence-electron chi connectivity index (χ4n) is 4.31. The molecule has 0 bridgehead atoms. The summed E-state index contributed by atoms with van der Waals surface area (Å²) in [4.78, 5) is 12.7. The van der Waals surface area contributed by atoms with Crippen LogP contribution in [0.5, 0.6) is 0 Å². The molecule has 1 fully saturated rings. The van der Waals surface area contributed by atoms with Crippen LogP contribution in [0.3, 0.4) is 0 Å². The molecule has 1 aliphatic heterocycles. The molecule has 0 aromatic rings. The maximum atomic E-state index is 12.7. The van der Waals surface area contributed by atoms with Crippen LogP contribution in [0.2, 0.25) is 22.7 Å². The molecule has 1 aliphatic rings. The Labute approximate surface area is 144 Å². The van der Waals surface area contributed by atoms with Gasteiger partial charge in [0, 0.05) is 20.3 Å². The molecule has 0 spiro atoms. The van der Waals surface area contributed by atoms with E-state index in [-0.39, 0.29) is 12.5 Å². The van der Waals surface area contributed by atoms with Crippen LogP contribution >= 0.6 is 0 Å². The standard InChI is InChI=1S/C16H35NO4Si2/c1-13(2)23(14(3)4,15(5)6)21-16(18)12-17-10-9-11-22(17,19-7)20-8/h13-15H,9-12H2,1-8H3. The van der Waals surface area contributed by atoms with Crippen LogP contribution in [-0.2, 0) is 18.1 Å². The number of carbonyl (C=O) groups excluding carboxylic acids is 1. The molecule has 1 saturated heterocycles. The van der Waals surface area contributed by atoms with Gasteiger partial charge in [-0.25, -0.2) is 0 Å². The van der Waals surface area contributed by atoms with Gasteiger partial charge in [-0.05, 0) is 29.6 Å². The second-order valence-electron chi connectivity index (χ2n) is 7.44. The molecule has 0 N–H and O–H groups in total. The largest absolute Gasteiger partial charge is 0.517 e. The topological polar surface area (TPSA) is 48.0 Å². The maximum Gasteiger partial charge on any atom is 0.427 e. The van der Waals surface area contributed by atoms with Gasteiger partial charge in [-0.2, -0.15) is 0 Å². The molecule has 1 rings (SSSR count). The zero-order valence-corrected chi connectivity index (χ0v) is 18.1. The molecular formula is C16H35NO4Si2. The van der Waals surface area contributed by atoms with E-state index in [1.807, 2.05) is 0 Å². The first-order chi connectivity index (χ1) is 10.7. The third kappa shape index (κ3) is 4.07. The molecular weight excluding hydrogens is 326 g/mol. The SMILES string of the molecule is CO[Si]1(OC)CCCN1CC(=O)O[Si](C(C)C)(C(C)C)C(C)C. The van der Waals surface area contributed by atoms with Gasteiger partial charge in [-0.1, -0.05) is 41.5 Å². The number of rotatable bonds is 8. The van der Waals surface area contributed by atoms with Gasteiger partial charge in [0.2, 0.25) is 0 Å². The summed E-state index contributed by atoms with van der Waals surface area (Å²) in [6.07, 6.45) is 1.02. The first-order valence-electron chi connectivity index (χ1n) is 8.73. The molecule has 0 aliphatic carbocycles. The summed E-state index contributed by atoms with van der Waals surface area (Å²) in [5.41, 5.74) is 1.20. The van der Waals surface area contributed by atoms with Gasteiger partial charge in [0.1, 0.15) is 0 Å². The van der Waals surface area contributed by atoms with Gasteiger partial charge < -0.3 is 13.3 Å². The minimum absolute atomic E-state index is 0.111. The predicted octanol–water partition coefficient (Wildman–Crippen LogP) is 3.64. The molecule has 0 radical (unpaired) electrons. The van der Waals surface area contributed by atoms with E-state index >= 15 is 0 Å². The van der Waals surface area contributed by atoms with Crippen LogP contribution in [0.15, 0.2) is 0 Å². The second-order valence-corrected chi connectivity index (χ2v) is 16.2. The highest BCUT2D eigenvalue weighted by atomic mass is 28.4. The Hall–Kier alpha value is -0.216. The van der Waals surface area contributed by atoms with Crippen LogP contribution in [0.1, 0.15) is 48.0 Å². The molecule has 0 amide bonds. The molecule has 7 heteroatoms. The van der Waals surface area contributed by atoms with E-state index in [0.29, 0.717) is 16.6 Å². The average molecular weight is 362 g/mol. The lowest BCUT2D eigenvalue weighted by Gasteiger charge is -2.42. The van der Waals surface area contributed by atoms with Gasteiger partial charge in [-0.15, -0.1) is 0 Å². The molecule has 1 heterocycles. The van der Waals surface area contributed by atoms with Crippen molar-refractivity contribution in [2.24, 2.45) is 0 Å². The summed E-state index contributed by atoms with van der Waals surface area (Å²) in [6.45, 7) is 14.3. The van der Waals surface area contributed by atoms with Crippen molar-refractivity contribution in [3.63, 3.8) is 0 Å². The molecule has 0 aromatic heterocycles. The molecule has 0 unspecified atom stereocenters. The minimum Gasteiger partial charge on any atom is -0.517 e. The molecule has 0 aromatic carbocycles. The summed E-state index contributed by atoms with van der Waals surface area (Å²) in [6, 6.07) is 0.911. The summed E-state index contributed by atoms with van der Waals surface area (Å²) in [7, 11) is -1.17. The lowest BCUT2D eigenvalue weighted by Crippen LogP contribution is -2.56. The van der Waals surface area contributed by atoms with Crippen molar-refractivity contribution in [3.8, 4) is 0 Å². The lowest BCUT2D eigenvalue weighted by molar-refractivity contribution is -0.136. The Morgan fingerprint density at radius 3 is 1.91 bits per heavy atom. The lowest BCUT2D eigenvalue weighted by atomic mass is 10.5. The number of carbonyl (C=O) groups is 1.